The summed E-state index contributed by atoms with van der Waals surface area (Å²) in [6.45, 7) is -0.238. The fraction of sp³-hybridized carbons (Fsp3) is 0.435. The van der Waals surface area contributed by atoms with E-state index in [9.17, 15) is 25.2 Å². The van der Waals surface area contributed by atoms with Gasteiger partial charge in [-0.1, -0.05) is 12.1 Å². The van der Waals surface area contributed by atoms with Crippen LogP contribution in [0.5, 0.6) is 17.2 Å². The lowest BCUT2D eigenvalue weighted by atomic mass is 9.99. The van der Waals surface area contributed by atoms with Gasteiger partial charge in [0.15, 0.2) is 0 Å². The fourth-order valence-corrected chi connectivity index (χ4v) is 3.41. The molecule has 5 atom stereocenters. The molecule has 1 aliphatic rings. The SMILES string of the molecule is COc1ccc(CCNC(=O)c2ccc(OC)cc2OC2OC(CO)C(O)C(O)C2O)cc1. The van der Waals surface area contributed by atoms with Crippen LogP contribution in [0.4, 0.5) is 0 Å². The highest BCUT2D eigenvalue weighted by Gasteiger charge is 2.45. The quantitative estimate of drug-likeness (QED) is 0.343. The average Bonchev–Trinajstić information content (AvgIpc) is 2.84. The lowest BCUT2D eigenvalue weighted by Crippen LogP contribution is -2.60. The van der Waals surface area contributed by atoms with Gasteiger partial charge in [-0.25, -0.2) is 0 Å². The summed E-state index contributed by atoms with van der Waals surface area (Å²) < 4.78 is 21.4. The van der Waals surface area contributed by atoms with Crippen molar-refractivity contribution in [3.8, 4) is 17.2 Å². The van der Waals surface area contributed by atoms with E-state index in [1.807, 2.05) is 24.3 Å². The Balaban J connectivity index is 1.71. The highest BCUT2D eigenvalue weighted by atomic mass is 16.7. The van der Waals surface area contributed by atoms with E-state index in [-0.39, 0.29) is 11.3 Å². The van der Waals surface area contributed by atoms with Crippen molar-refractivity contribution in [3.05, 3.63) is 53.6 Å². The van der Waals surface area contributed by atoms with Crippen molar-refractivity contribution in [1.82, 2.24) is 5.32 Å². The van der Waals surface area contributed by atoms with Gasteiger partial charge in [0.25, 0.3) is 5.91 Å². The molecule has 1 heterocycles. The minimum atomic E-state index is -1.61. The summed E-state index contributed by atoms with van der Waals surface area (Å²) in [5.41, 5.74) is 1.17. The largest absolute Gasteiger partial charge is 0.497 e. The van der Waals surface area contributed by atoms with Gasteiger partial charge < -0.3 is 44.7 Å². The van der Waals surface area contributed by atoms with Crippen LogP contribution in [0, 0.1) is 0 Å². The third-order valence-corrected chi connectivity index (χ3v) is 5.38. The zero-order chi connectivity index (χ0) is 24.0. The number of aliphatic hydroxyl groups is 4. The molecule has 2 aromatic carbocycles. The number of benzene rings is 2. The first kappa shape index (κ1) is 24.7. The van der Waals surface area contributed by atoms with Crippen LogP contribution in [0.2, 0.25) is 0 Å². The summed E-state index contributed by atoms with van der Waals surface area (Å²) in [7, 11) is 3.04. The van der Waals surface area contributed by atoms with Crippen molar-refractivity contribution in [1.29, 1.82) is 0 Å². The molecule has 1 aliphatic heterocycles. The molecule has 1 amide bonds. The first-order chi connectivity index (χ1) is 15.9. The second-order valence-electron chi connectivity index (χ2n) is 7.53. The molecule has 0 radical (unpaired) electrons. The Hall–Kier alpha value is -2.89. The number of amides is 1. The number of ether oxygens (including phenoxy) is 4. The van der Waals surface area contributed by atoms with Gasteiger partial charge in [-0.3, -0.25) is 4.79 Å². The van der Waals surface area contributed by atoms with Crippen LogP contribution < -0.4 is 19.5 Å². The monoisotopic (exact) mass is 463 g/mol. The summed E-state index contributed by atoms with van der Waals surface area (Å²) in [6, 6.07) is 12.0. The third kappa shape index (κ3) is 5.92. The van der Waals surface area contributed by atoms with Crippen molar-refractivity contribution >= 4 is 5.91 Å². The van der Waals surface area contributed by atoms with Gasteiger partial charge in [-0.05, 0) is 36.2 Å². The summed E-state index contributed by atoms with van der Waals surface area (Å²) in [5.74, 6) is 0.756. The Morgan fingerprint density at radius 2 is 1.64 bits per heavy atom. The van der Waals surface area contributed by atoms with Gasteiger partial charge in [-0.15, -0.1) is 0 Å². The number of hydrogen-bond donors (Lipinski definition) is 5. The molecule has 0 bridgehead atoms. The van der Waals surface area contributed by atoms with Crippen molar-refractivity contribution in [2.45, 2.75) is 37.1 Å². The van der Waals surface area contributed by atoms with Gasteiger partial charge in [0.05, 0.1) is 26.4 Å². The van der Waals surface area contributed by atoms with Gasteiger partial charge >= 0.3 is 0 Å². The van der Waals surface area contributed by atoms with Crippen molar-refractivity contribution in [3.63, 3.8) is 0 Å². The van der Waals surface area contributed by atoms with Crippen LogP contribution >= 0.6 is 0 Å². The summed E-state index contributed by atoms with van der Waals surface area (Å²) in [5, 5.41) is 42.4. The Bertz CT molecular complexity index is 919. The number of nitrogens with one attached hydrogen (secondary N) is 1. The number of rotatable bonds is 9. The summed E-state index contributed by atoms with van der Waals surface area (Å²) in [4.78, 5) is 12.8. The molecule has 5 unspecified atom stereocenters. The van der Waals surface area contributed by atoms with Crippen LogP contribution in [-0.4, -0.2) is 84.4 Å². The number of carbonyl (C=O) groups excluding carboxylic acids is 1. The molecule has 2 aromatic rings. The van der Waals surface area contributed by atoms with Crippen LogP contribution in [0.15, 0.2) is 42.5 Å². The van der Waals surface area contributed by atoms with Crippen LogP contribution in [-0.2, 0) is 11.2 Å². The smallest absolute Gasteiger partial charge is 0.255 e. The summed E-state index contributed by atoms with van der Waals surface area (Å²) in [6.07, 6.45) is -6.71. The zero-order valence-electron chi connectivity index (χ0n) is 18.4. The van der Waals surface area contributed by atoms with Crippen LogP contribution in [0.1, 0.15) is 15.9 Å². The van der Waals surface area contributed by atoms with Gasteiger partial charge in [0.2, 0.25) is 6.29 Å². The van der Waals surface area contributed by atoms with Crippen molar-refractivity contribution < 1.29 is 44.2 Å². The maximum absolute atomic E-state index is 12.8. The molecule has 0 aliphatic carbocycles. The normalized spacial score (nSPS) is 24.7. The Labute approximate surface area is 191 Å². The van der Waals surface area contributed by atoms with Crippen molar-refractivity contribution in [2.75, 3.05) is 27.4 Å². The molecule has 1 saturated heterocycles. The first-order valence-corrected chi connectivity index (χ1v) is 10.4. The number of hydrogen-bond acceptors (Lipinski definition) is 9. The Kier molecular flexibility index (Phi) is 8.48. The zero-order valence-corrected chi connectivity index (χ0v) is 18.4. The minimum absolute atomic E-state index is 0.0422. The summed E-state index contributed by atoms with van der Waals surface area (Å²) >= 11 is 0. The molecule has 180 valence electrons. The fourth-order valence-electron chi connectivity index (χ4n) is 3.41. The molecular formula is C23H29NO9. The van der Waals surface area contributed by atoms with Gasteiger partial charge in [0, 0.05) is 12.6 Å². The Morgan fingerprint density at radius 3 is 2.27 bits per heavy atom. The minimum Gasteiger partial charge on any atom is -0.497 e. The lowest BCUT2D eigenvalue weighted by molar-refractivity contribution is -0.277. The molecular weight excluding hydrogens is 434 g/mol. The molecule has 3 rings (SSSR count). The third-order valence-electron chi connectivity index (χ3n) is 5.38. The van der Waals surface area contributed by atoms with E-state index in [2.05, 4.69) is 5.32 Å². The molecule has 0 spiro atoms. The second-order valence-corrected chi connectivity index (χ2v) is 7.53. The molecule has 1 fully saturated rings. The molecule has 5 N–H and O–H groups in total. The van der Waals surface area contributed by atoms with E-state index in [1.165, 1.54) is 19.2 Å². The molecule has 33 heavy (non-hydrogen) atoms. The topological polar surface area (TPSA) is 147 Å². The number of aliphatic hydroxyl groups excluding tert-OH is 4. The van der Waals surface area contributed by atoms with Crippen LogP contribution in [0.25, 0.3) is 0 Å². The van der Waals surface area contributed by atoms with E-state index in [0.717, 1.165) is 11.3 Å². The second kappa shape index (κ2) is 11.3. The van der Waals surface area contributed by atoms with E-state index >= 15 is 0 Å². The molecule has 10 nitrogen and oxygen atoms in total. The van der Waals surface area contributed by atoms with E-state index in [4.69, 9.17) is 18.9 Å². The number of carbonyl (C=O) groups is 1. The predicted molar refractivity (Wildman–Crippen MR) is 116 cm³/mol. The standard InChI is InChI=1S/C23H29NO9/c1-30-14-5-3-13(4-6-14)9-10-24-22(29)16-8-7-15(31-2)11-17(16)32-23-21(28)20(27)19(26)18(12-25)33-23/h3-8,11,18-21,23,25-28H,9-10,12H2,1-2H3,(H,24,29). The van der Waals surface area contributed by atoms with Crippen LogP contribution in [0.3, 0.4) is 0 Å². The van der Waals surface area contributed by atoms with Crippen molar-refractivity contribution in [2.24, 2.45) is 0 Å². The average molecular weight is 463 g/mol. The highest BCUT2D eigenvalue weighted by Crippen LogP contribution is 2.29. The first-order valence-electron chi connectivity index (χ1n) is 10.4. The molecule has 0 saturated carbocycles. The van der Waals surface area contributed by atoms with E-state index in [0.29, 0.717) is 18.7 Å². The predicted octanol–water partition coefficient (Wildman–Crippen LogP) is -0.145. The van der Waals surface area contributed by atoms with E-state index < -0.39 is 43.2 Å². The maximum Gasteiger partial charge on any atom is 0.255 e. The molecule has 0 aromatic heterocycles. The van der Waals surface area contributed by atoms with E-state index in [1.54, 1.807) is 13.2 Å². The molecule has 10 heteroatoms. The Morgan fingerprint density at radius 1 is 0.970 bits per heavy atom. The maximum atomic E-state index is 12.8. The highest BCUT2D eigenvalue weighted by molar-refractivity contribution is 5.97. The lowest BCUT2D eigenvalue weighted by Gasteiger charge is -2.39. The van der Waals surface area contributed by atoms with Gasteiger partial charge in [-0.2, -0.15) is 0 Å². The number of methoxy groups -OCH3 is 2. The van der Waals surface area contributed by atoms with Gasteiger partial charge in [0.1, 0.15) is 41.7 Å².